The summed E-state index contributed by atoms with van der Waals surface area (Å²) in [7, 11) is 1.56. The summed E-state index contributed by atoms with van der Waals surface area (Å²) in [6.45, 7) is 9.05. The van der Waals surface area contributed by atoms with Crippen molar-refractivity contribution in [3.05, 3.63) is 29.8 Å². The van der Waals surface area contributed by atoms with Crippen molar-refractivity contribution in [1.82, 2.24) is 15.1 Å². The summed E-state index contributed by atoms with van der Waals surface area (Å²) in [5, 5.41) is 5.70. The molecule has 2 rings (SSSR count). The standard InChI is InChI=1S/C22H34N4O4/c1-16-8-10-18(11-9-16)24-20(28)23-13-17-7-6-12-26(14-17)19(27)15-25(5)21(29)30-22(2,3)4/h8-11,17H,6-7,12-15H2,1-5H3,(H2,23,24,28). The molecule has 8 nitrogen and oxygen atoms in total. The van der Waals surface area contributed by atoms with Crippen LogP contribution < -0.4 is 10.6 Å². The van der Waals surface area contributed by atoms with Gasteiger partial charge >= 0.3 is 12.1 Å². The fourth-order valence-electron chi connectivity index (χ4n) is 3.21. The summed E-state index contributed by atoms with van der Waals surface area (Å²) in [6.07, 6.45) is 1.29. The van der Waals surface area contributed by atoms with E-state index in [-0.39, 0.29) is 24.4 Å². The van der Waals surface area contributed by atoms with Crippen LogP contribution in [0, 0.1) is 12.8 Å². The van der Waals surface area contributed by atoms with Gasteiger partial charge in [0, 0.05) is 32.4 Å². The Morgan fingerprint density at radius 3 is 2.50 bits per heavy atom. The highest BCUT2D eigenvalue weighted by atomic mass is 16.6. The largest absolute Gasteiger partial charge is 0.444 e. The summed E-state index contributed by atoms with van der Waals surface area (Å²) >= 11 is 0. The molecule has 1 aliphatic heterocycles. The van der Waals surface area contributed by atoms with Crippen LogP contribution in [0.1, 0.15) is 39.2 Å². The predicted molar refractivity (Wildman–Crippen MR) is 116 cm³/mol. The van der Waals surface area contributed by atoms with Gasteiger partial charge in [0.1, 0.15) is 12.1 Å². The minimum absolute atomic E-state index is 0.0248. The number of likely N-dealkylation sites (N-methyl/N-ethyl adjacent to an activating group) is 1. The number of ether oxygens (including phenoxy) is 1. The molecule has 0 spiro atoms. The number of hydrogen-bond acceptors (Lipinski definition) is 4. The number of piperidine rings is 1. The van der Waals surface area contributed by atoms with Gasteiger partial charge in [-0.05, 0) is 58.6 Å². The van der Waals surface area contributed by atoms with Crippen molar-refractivity contribution in [3.63, 3.8) is 0 Å². The topological polar surface area (TPSA) is 91.0 Å². The zero-order valence-electron chi connectivity index (χ0n) is 18.7. The second-order valence-corrected chi connectivity index (χ2v) is 8.89. The quantitative estimate of drug-likeness (QED) is 0.768. The number of aryl methyl sites for hydroxylation is 1. The van der Waals surface area contributed by atoms with E-state index in [0.29, 0.717) is 19.6 Å². The molecule has 0 bridgehead atoms. The SMILES string of the molecule is Cc1ccc(NC(=O)NCC2CCCN(C(=O)CN(C)C(=O)OC(C)(C)C)C2)cc1. The molecule has 1 heterocycles. The van der Waals surface area contributed by atoms with Crippen molar-refractivity contribution < 1.29 is 19.1 Å². The molecule has 4 amide bonds. The van der Waals surface area contributed by atoms with Crippen LogP contribution in [-0.4, -0.2) is 66.7 Å². The van der Waals surface area contributed by atoms with Crippen molar-refractivity contribution in [1.29, 1.82) is 0 Å². The molecule has 8 heteroatoms. The molecule has 1 aliphatic rings. The number of nitrogens with one attached hydrogen (secondary N) is 2. The highest BCUT2D eigenvalue weighted by molar-refractivity contribution is 5.89. The summed E-state index contributed by atoms with van der Waals surface area (Å²) in [4.78, 5) is 39.9. The Hall–Kier alpha value is -2.77. The third-order valence-electron chi connectivity index (χ3n) is 4.81. The lowest BCUT2D eigenvalue weighted by molar-refractivity contribution is -0.133. The summed E-state index contributed by atoms with van der Waals surface area (Å²) < 4.78 is 5.29. The number of carbonyl (C=O) groups is 3. The first-order chi connectivity index (χ1) is 14.0. The maximum atomic E-state index is 12.6. The molecular formula is C22H34N4O4. The maximum Gasteiger partial charge on any atom is 0.410 e. The second kappa shape index (κ2) is 10.3. The lowest BCUT2D eigenvalue weighted by Crippen LogP contribution is -2.48. The number of hydrogen-bond donors (Lipinski definition) is 2. The molecule has 0 aliphatic carbocycles. The number of amides is 4. The minimum atomic E-state index is -0.602. The zero-order chi connectivity index (χ0) is 22.3. The van der Waals surface area contributed by atoms with Crippen molar-refractivity contribution >= 4 is 23.7 Å². The van der Waals surface area contributed by atoms with Gasteiger partial charge in [-0.1, -0.05) is 17.7 Å². The van der Waals surface area contributed by atoms with Crippen LogP contribution in [0.3, 0.4) is 0 Å². The smallest absolute Gasteiger partial charge is 0.410 e. The minimum Gasteiger partial charge on any atom is -0.444 e. The van der Waals surface area contributed by atoms with Crippen LogP contribution in [0.5, 0.6) is 0 Å². The van der Waals surface area contributed by atoms with E-state index in [1.54, 1.807) is 32.7 Å². The normalized spacial score (nSPS) is 16.6. The molecular weight excluding hydrogens is 384 g/mol. The molecule has 0 aromatic heterocycles. The van der Waals surface area contributed by atoms with Crippen LogP contribution >= 0.6 is 0 Å². The summed E-state index contributed by atoms with van der Waals surface area (Å²) in [6, 6.07) is 7.34. The van der Waals surface area contributed by atoms with E-state index in [1.165, 1.54) is 4.90 Å². The molecule has 1 saturated heterocycles. The highest BCUT2D eigenvalue weighted by Crippen LogP contribution is 2.17. The number of likely N-dealkylation sites (tertiary alicyclic amines) is 1. The Bertz CT molecular complexity index is 742. The van der Waals surface area contributed by atoms with Gasteiger partial charge in [-0.15, -0.1) is 0 Å². The maximum absolute atomic E-state index is 12.6. The van der Waals surface area contributed by atoms with Crippen molar-refractivity contribution in [2.45, 2.75) is 46.1 Å². The van der Waals surface area contributed by atoms with E-state index >= 15 is 0 Å². The van der Waals surface area contributed by atoms with E-state index < -0.39 is 11.7 Å². The Morgan fingerprint density at radius 2 is 1.87 bits per heavy atom. The molecule has 1 aromatic carbocycles. The highest BCUT2D eigenvalue weighted by Gasteiger charge is 2.27. The van der Waals surface area contributed by atoms with E-state index in [2.05, 4.69) is 10.6 Å². The van der Waals surface area contributed by atoms with Crippen LogP contribution in [0.15, 0.2) is 24.3 Å². The van der Waals surface area contributed by atoms with Gasteiger partial charge in [0.25, 0.3) is 0 Å². The fourth-order valence-corrected chi connectivity index (χ4v) is 3.21. The van der Waals surface area contributed by atoms with Gasteiger partial charge in [0.05, 0.1) is 0 Å². The predicted octanol–water partition coefficient (Wildman–Crippen LogP) is 3.22. The van der Waals surface area contributed by atoms with Crippen LogP contribution in [0.2, 0.25) is 0 Å². The lowest BCUT2D eigenvalue weighted by Gasteiger charge is -2.34. The third-order valence-corrected chi connectivity index (χ3v) is 4.81. The van der Waals surface area contributed by atoms with E-state index in [0.717, 1.165) is 24.1 Å². The average Bonchev–Trinajstić information content (AvgIpc) is 2.67. The zero-order valence-corrected chi connectivity index (χ0v) is 18.7. The number of nitrogens with zero attached hydrogens (tertiary/aromatic N) is 2. The summed E-state index contributed by atoms with van der Waals surface area (Å²) in [5.41, 5.74) is 1.27. The van der Waals surface area contributed by atoms with Crippen molar-refractivity contribution in [2.24, 2.45) is 5.92 Å². The third kappa shape index (κ3) is 7.93. The number of carbonyl (C=O) groups excluding carboxylic acids is 3. The molecule has 1 unspecified atom stereocenters. The van der Waals surface area contributed by atoms with Crippen LogP contribution in [-0.2, 0) is 9.53 Å². The molecule has 0 saturated carbocycles. The molecule has 1 fully saturated rings. The Labute approximate surface area is 178 Å². The van der Waals surface area contributed by atoms with Gasteiger partial charge in [-0.25, -0.2) is 9.59 Å². The van der Waals surface area contributed by atoms with Gasteiger partial charge in [0.2, 0.25) is 5.91 Å². The van der Waals surface area contributed by atoms with E-state index in [9.17, 15) is 14.4 Å². The number of urea groups is 1. The molecule has 166 valence electrons. The van der Waals surface area contributed by atoms with E-state index in [4.69, 9.17) is 4.74 Å². The molecule has 1 aromatic rings. The number of anilines is 1. The van der Waals surface area contributed by atoms with Gasteiger partial charge in [0.15, 0.2) is 0 Å². The molecule has 2 N–H and O–H groups in total. The van der Waals surface area contributed by atoms with E-state index in [1.807, 2.05) is 31.2 Å². The molecule has 0 radical (unpaired) electrons. The lowest BCUT2D eigenvalue weighted by atomic mass is 9.98. The Balaban J connectivity index is 1.77. The first-order valence-corrected chi connectivity index (χ1v) is 10.4. The van der Waals surface area contributed by atoms with Crippen molar-refractivity contribution in [2.75, 3.05) is 38.5 Å². The first-order valence-electron chi connectivity index (χ1n) is 10.4. The van der Waals surface area contributed by atoms with Crippen LogP contribution in [0.4, 0.5) is 15.3 Å². The fraction of sp³-hybridized carbons (Fsp3) is 0.591. The van der Waals surface area contributed by atoms with Crippen LogP contribution in [0.25, 0.3) is 0 Å². The Morgan fingerprint density at radius 1 is 1.20 bits per heavy atom. The number of benzene rings is 1. The van der Waals surface area contributed by atoms with Gasteiger partial charge < -0.3 is 25.2 Å². The summed E-state index contributed by atoms with van der Waals surface area (Å²) in [5.74, 6) is 0.0652. The number of rotatable bonds is 5. The average molecular weight is 419 g/mol. The molecule has 30 heavy (non-hydrogen) atoms. The van der Waals surface area contributed by atoms with Crippen molar-refractivity contribution in [3.8, 4) is 0 Å². The first kappa shape index (κ1) is 23.5. The Kier molecular flexibility index (Phi) is 8.08. The van der Waals surface area contributed by atoms with Gasteiger partial charge in [-0.2, -0.15) is 0 Å². The molecule has 1 atom stereocenters. The second-order valence-electron chi connectivity index (χ2n) is 8.89. The monoisotopic (exact) mass is 418 g/mol. The van der Waals surface area contributed by atoms with Gasteiger partial charge in [-0.3, -0.25) is 4.79 Å².